The van der Waals surface area contributed by atoms with Crippen LogP contribution in [0.3, 0.4) is 0 Å². The number of rotatable bonds is 7. The van der Waals surface area contributed by atoms with Crippen molar-refractivity contribution in [1.82, 2.24) is 4.90 Å². The van der Waals surface area contributed by atoms with Gasteiger partial charge in [-0.15, -0.1) is 0 Å². The number of carbonyl (C=O) groups excluding carboxylic acids is 2. The Labute approximate surface area is 164 Å². The molecule has 1 saturated heterocycles. The van der Waals surface area contributed by atoms with Crippen LogP contribution in [0, 0.1) is 5.41 Å². The fraction of sp³-hybridized carbons (Fsp3) is 0.500. The lowest BCUT2D eigenvalue weighted by Gasteiger charge is -2.38. The summed E-state index contributed by atoms with van der Waals surface area (Å²) in [5.74, 6) is -0.0256. The number of methoxy groups -OCH3 is 1. The molecule has 28 heavy (non-hydrogen) atoms. The zero-order valence-corrected chi connectivity index (χ0v) is 16.0. The number of oxime groups is 1. The molecule has 1 amide bonds. The van der Waals surface area contributed by atoms with E-state index in [1.165, 1.54) is 7.11 Å². The minimum Gasteiger partial charge on any atom is -0.391 e. The Bertz CT molecular complexity index is 762. The maximum Gasteiger partial charge on any atom is 0.226 e. The third-order valence-corrected chi connectivity index (χ3v) is 5.32. The SMILES string of the molecule is COC(C=O)C1CCCCN1C(=O)CC1CC(c2ccc(C(=N)N)cc2)=NO1. The average Bonchev–Trinajstić information content (AvgIpc) is 3.18. The van der Waals surface area contributed by atoms with E-state index in [-0.39, 0.29) is 30.3 Å². The van der Waals surface area contributed by atoms with Crippen molar-refractivity contribution in [2.24, 2.45) is 10.9 Å². The third kappa shape index (κ3) is 4.39. The first-order chi connectivity index (χ1) is 13.5. The largest absolute Gasteiger partial charge is 0.391 e. The summed E-state index contributed by atoms with van der Waals surface area (Å²) in [4.78, 5) is 31.4. The van der Waals surface area contributed by atoms with Gasteiger partial charge in [-0.3, -0.25) is 10.2 Å². The van der Waals surface area contributed by atoms with Crippen LogP contribution < -0.4 is 5.73 Å². The Morgan fingerprint density at radius 3 is 2.82 bits per heavy atom. The highest BCUT2D eigenvalue weighted by molar-refractivity contribution is 6.02. The zero-order chi connectivity index (χ0) is 20.1. The van der Waals surface area contributed by atoms with E-state index in [1.807, 2.05) is 12.1 Å². The highest BCUT2D eigenvalue weighted by atomic mass is 16.6. The van der Waals surface area contributed by atoms with Crippen molar-refractivity contribution in [3.05, 3.63) is 35.4 Å². The number of piperidine rings is 1. The first-order valence-corrected chi connectivity index (χ1v) is 9.48. The Kier molecular flexibility index (Phi) is 6.41. The maximum absolute atomic E-state index is 12.8. The molecule has 0 saturated carbocycles. The molecule has 0 spiro atoms. The number of nitrogens with zero attached hydrogens (tertiary/aromatic N) is 2. The second kappa shape index (κ2) is 8.97. The Morgan fingerprint density at radius 2 is 2.18 bits per heavy atom. The molecule has 3 unspecified atom stereocenters. The molecule has 0 aromatic heterocycles. The van der Waals surface area contributed by atoms with Crippen molar-refractivity contribution < 1.29 is 19.2 Å². The second-order valence-corrected chi connectivity index (χ2v) is 7.15. The predicted octanol–water partition coefficient (Wildman–Crippen LogP) is 1.45. The third-order valence-electron chi connectivity index (χ3n) is 5.32. The van der Waals surface area contributed by atoms with Crippen molar-refractivity contribution in [2.45, 2.75) is 50.4 Å². The molecule has 2 aliphatic rings. The fourth-order valence-corrected chi connectivity index (χ4v) is 3.77. The number of likely N-dealkylation sites (tertiary alicyclic amines) is 1. The Morgan fingerprint density at radius 1 is 1.43 bits per heavy atom. The van der Waals surface area contributed by atoms with E-state index in [0.29, 0.717) is 18.5 Å². The maximum atomic E-state index is 12.8. The number of ether oxygens (including phenoxy) is 1. The van der Waals surface area contributed by atoms with Crippen molar-refractivity contribution in [2.75, 3.05) is 13.7 Å². The molecular weight excluding hydrogens is 360 g/mol. The smallest absolute Gasteiger partial charge is 0.226 e. The summed E-state index contributed by atoms with van der Waals surface area (Å²) in [6.45, 7) is 0.629. The van der Waals surface area contributed by atoms with Gasteiger partial charge in [-0.25, -0.2) is 0 Å². The summed E-state index contributed by atoms with van der Waals surface area (Å²) in [6, 6.07) is 7.00. The standard InChI is InChI=1S/C20H26N4O4/c1-27-18(12-25)17-4-2-3-9-24(17)19(26)11-15-10-16(23-28-15)13-5-7-14(8-6-13)20(21)22/h5-8,12,15,17-18H,2-4,9-11H2,1H3,(H3,21,22). The van der Waals surface area contributed by atoms with Gasteiger partial charge in [0.2, 0.25) is 5.91 Å². The van der Waals surface area contributed by atoms with Gasteiger partial charge >= 0.3 is 0 Å². The molecule has 3 N–H and O–H groups in total. The van der Waals surface area contributed by atoms with E-state index >= 15 is 0 Å². The first-order valence-electron chi connectivity index (χ1n) is 9.48. The number of amides is 1. The minimum atomic E-state index is -0.597. The number of nitrogen functional groups attached to an aromatic ring is 1. The lowest BCUT2D eigenvalue weighted by atomic mass is 9.96. The van der Waals surface area contributed by atoms with Crippen LogP contribution in [0.5, 0.6) is 0 Å². The molecule has 1 fully saturated rings. The molecule has 8 heteroatoms. The number of hydrogen-bond acceptors (Lipinski definition) is 6. The van der Waals surface area contributed by atoms with Crippen LogP contribution in [0.25, 0.3) is 0 Å². The van der Waals surface area contributed by atoms with Crippen LogP contribution in [0.2, 0.25) is 0 Å². The Hall–Kier alpha value is -2.74. The van der Waals surface area contributed by atoms with Gasteiger partial charge in [0.15, 0.2) is 6.29 Å². The fourth-order valence-electron chi connectivity index (χ4n) is 3.77. The monoisotopic (exact) mass is 386 g/mol. The number of aldehydes is 1. The normalized spacial score (nSPS) is 22.9. The van der Waals surface area contributed by atoms with E-state index in [1.54, 1.807) is 17.0 Å². The number of nitrogens with one attached hydrogen (secondary N) is 1. The van der Waals surface area contributed by atoms with Crippen molar-refractivity contribution in [3.8, 4) is 0 Å². The lowest BCUT2D eigenvalue weighted by molar-refractivity contribution is -0.142. The summed E-state index contributed by atoms with van der Waals surface area (Å²) in [5, 5.41) is 11.6. The van der Waals surface area contributed by atoms with E-state index in [9.17, 15) is 9.59 Å². The van der Waals surface area contributed by atoms with Gasteiger partial charge in [-0.1, -0.05) is 29.4 Å². The number of amidine groups is 1. The first kappa shape index (κ1) is 20.0. The summed E-state index contributed by atoms with van der Waals surface area (Å²) < 4.78 is 5.25. The van der Waals surface area contributed by atoms with Crippen molar-refractivity contribution in [1.29, 1.82) is 5.41 Å². The summed E-state index contributed by atoms with van der Waals surface area (Å²) in [6.07, 6.45) is 3.26. The van der Waals surface area contributed by atoms with Crippen LogP contribution >= 0.6 is 0 Å². The van der Waals surface area contributed by atoms with Gasteiger partial charge in [0.05, 0.1) is 18.2 Å². The number of hydrogen-bond donors (Lipinski definition) is 2. The molecule has 2 aliphatic heterocycles. The minimum absolute atomic E-state index is 0.0143. The molecule has 1 aromatic rings. The second-order valence-electron chi connectivity index (χ2n) is 7.15. The van der Waals surface area contributed by atoms with Crippen molar-refractivity contribution in [3.63, 3.8) is 0 Å². The summed E-state index contributed by atoms with van der Waals surface area (Å²) >= 11 is 0. The molecule has 0 bridgehead atoms. The molecule has 0 aliphatic carbocycles. The number of nitrogens with two attached hydrogens (primary N) is 1. The van der Waals surface area contributed by atoms with E-state index in [4.69, 9.17) is 20.7 Å². The molecular formula is C20H26N4O4. The van der Waals surface area contributed by atoms with Gasteiger partial charge in [0.25, 0.3) is 0 Å². The van der Waals surface area contributed by atoms with Crippen molar-refractivity contribution >= 4 is 23.7 Å². The average molecular weight is 386 g/mol. The van der Waals surface area contributed by atoms with Gasteiger partial charge in [0, 0.05) is 25.6 Å². The van der Waals surface area contributed by atoms with Crippen LogP contribution in [0.15, 0.2) is 29.4 Å². The topological polar surface area (TPSA) is 118 Å². The van der Waals surface area contributed by atoms with Crippen LogP contribution in [-0.4, -0.2) is 60.5 Å². The van der Waals surface area contributed by atoms with E-state index < -0.39 is 6.10 Å². The highest BCUT2D eigenvalue weighted by Crippen LogP contribution is 2.25. The molecule has 2 heterocycles. The van der Waals surface area contributed by atoms with E-state index in [0.717, 1.165) is 36.8 Å². The number of benzene rings is 1. The lowest BCUT2D eigenvalue weighted by Crippen LogP contribution is -2.51. The molecule has 3 atom stereocenters. The van der Waals surface area contributed by atoms with Gasteiger partial charge in [0.1, 0.15) is 18.0 Å². The van der Waals surface area contributed by atoms with Crippen LogP contribution in [0.1, 0.15) is 43.2 Å². The summed E-state index contributed by atoms with van der Waals surface area (Å²) in [7, 11) is 1.49. The van der Waals surface area contributed by atoms with E-state index in [2.05, 4.69) is 5.16 Å². The molecule has 0 radical (unpaired) electrons. The molecule has 8 nitrogen and oxygen atoms in total. The zero-order valence-electron chi connectivity index (χ0n) is 16.0. The molecule has 3 rings (SSSR count). The van der Waals surface area contributed by atoms with Crippen LogP contribution in [-0.2, 0) is 19.2 Å². The van der Waals surface area contributed by atoms with Gasteiger partial charge in [-0.2, -0.15) is 0 Å². The Balaban J connectivity index is 1.59. The highest BCUT2D eigenvalue weighted by Gasteiger charge is 2.35. The van der Waals surface area contributed by atoms with Crippen LogP contribution in [0.4, 0.5) is 0 Å². The quantitative estimate of drug-likeness (QED) is 0.418. The molecule has 1 aromatic carbocycles. The van der Waals surface area contributed by atoms with Gasteiger partial charge in [-0.05, 0) is 24.8 Å². The summed E-state index contributed by atoms with van der Waals surface area (Å²) in [5.41, 5.74) is 7.77. The van der Waals surface area contributed by atoms with Gasteiger partial charge < -0.3 is 25.0 Å². The molecule has 150 valence electrons. The predicted molar refractivity (Wildman–Crippen MR) is 104 cm³/mol. The number of carbonyl (C=O) groups is 2.